The molecule has 0 aliphatic rings. The third-order valence-corrected chi connectivity index (χ3v) is 5.60. The second-order valence-electron chi connectivity index (χ2n) is 6.54. The van der Waals surface area contributed by atoms with E-state index in [1.807, 2.05) is 55.5 Å². The van der Waals surface area contributed by atoms with Crippen molar-refractivity contribution in [3.63, 3.8) is 0 Å². The van der Waals surface area contributed by atoms with Gasteiger partial charge in [-0.1, -0.05) is 54.6 Å². The van der Waals surface area contributed by atoms with E-state index in [0.717, 1.165) is 26.4 Å². The van der Waals surface area contributed by atoms with E-state index in [-0.39, 0.29) is 18.7 Å². The van der Waals surface area contributed by atoms with Crippen LogP contribution in [0.4, 0.5) is 4.79 Å². The molecule has 1 atom stereocenters. The standard InChI is InChI=1S/C22H24N2O2S/c1-16(23)20-12-13-21(27-20)19-11-7-6-10-18(19)14-24(2)22(25)26-15-17-8-4-3-5-9-17/h3-13,16H,14-15,23H2,1-2H3. The van der Waals surface area contributed by atoms with Crippen LogP contribution >= 0.6 is 11.3 Å². The normalized spacial score (nSPS) is 11.8. The highest BCUT2D eigenvalue weighted by Gasteiger charge is 2.15. The average Bonchev–Trinajstić information content (AvgIpc) is 3.17. The van der Waals surface area contributed by atoms with Crippen LogP contribution in [-0.4, -0.2) is 18.0 Å². The number of hydrogen-bond donors (Lipinski definition) is 1. The molecule has 0 radical (unpaired) electrons. The maximum atomic E-state index is 12.4. The van der Waals surface area contributed by atoms with Gasteiger partial charge in [-0.05, 0) is 35.7 Å². The first-order valence-corrected chi connectivity index (χ1v) is 9.71. The fraction of sp³-hybridized carbons (Fsp3) is 0.227. The maximum absolute atomic E-state index is 12.4. The van der Waals surface area contributed by atoms with Crippen LogP contribution in [0.15, 0.2) is 66.7 Å². The summed E-state index contributed by atoms with van der Waals surface area (Å²) in [7, 11) is 1.76. The number of nitrogens with zero attached hydrogens (tertiary/aromatic N) is 1. The number of hydrogen-bond acceptors (Lipinski definition) is 4. The second kappa shape index (κ2) is 8.84. The molecule has 0 aliphatic heterocycles. The fourth-order valence-corrected chi connectivity index (χ4v) is 3.81. The van der Waals surface area contributed by atoms with Gasteiger partial charge in [-0.15, -0.1) is 11.3 Å². The summed E-state index contributed by atoms with van der Waals surface area (Å²) in [6, 6.07) is 22.0. The van der Waals surface area contributed by atoms with Crippen LogP contribution in [-0.2, 0) is 17.9 Å². The SMILES string of the molecule is CC(N)c1ccc(-c2ccccc2CN(C)C(=O)OCc2ccccc2)s1. The van der Waals surface area contributed by atoms with Gasteiger partial charge in [-0.2, -0.15) is 0 Å². The molecule has 5 heteroatoms. The lowest BCUT2D eigenvalue weighted by molar-refractivity contribution is 0.103. The van der Waals surface area contributed by atoms with E-state index < -0.39 is 0 Å². The molecule has 0 spiro atoms. The highest BCUT2D eigenvalue weighted by Crippen LogP contribution is 2.33. The van der Waals surface area contributed by atoms with E-state index in [1.165, 1.54) is 0 Å². The van der Waals surface area contributed by atoms with Crippen LogP contribution in [0.3, 0.4) is 0 Å². The number of rotatable bonds is 6. The van der Waals surface area contributed by atoms with E-state index in [1.54, 1.807) is 23.3 Å². The van der Waals surface area contributed by atoms with E-state index in [0.29, 0.717) is 6.54 Å². The van der Waals surface area contributed by atoms with Crippen molar-refractivity contribution in [2.45, 2.75) is 26.1 Å². The van der Waals surface area contributed by atoms with Crippen LogP contribution in [0.5, 0.6) is 0 Å². The smallest absolute Gasteiger partial charge is 0.410 e. The number of thiophene rings is 1. The molecule has 0 saturated heterocycles. The molecule has 1 unspecified atom stereocenters. The minimum Gasteiger partial charge on any atom is -0.445 e. The summed E-state index contributed by atoms with van der Waals surface area (Å²) in [6.45, 7) is 2.74. The van der Waals surface area contributed by atoms with Gasteiger partial charge in [-0.3, -0.25) is 0 Å². The number of ether oxygens (including phenoxy) is 1. The Morgan fingerprint density at radius 2 is 1.78 bits per heavy atom. The van der Waals surface area contributed by atoms with Crippen LogP contribution in [0.25, 0.3) is 10.4 Å². The van der Waals surface area contributed by atoms with Gasteiger partial charge in [0, 0.05) is 29.4 Å². The van der Waals surface area contributed by atoms with Gasteiger partial charge in [-0.25, -0.2) is 4.79 Å². The lowest BCUT2D eigenvalue weighted by Gasteiger charge is -2.19. The number of carbonyl (C=O) groups is 1. The monoisotopic (exact) mass is 380 g/mol. The van der Waals surface area contributed by atoms with Crippen molar-refractivity contribution >= 4 is 17.4 Å². The van der Waals surface area contributed by atoms with Crippen molar-refractivity contribution in [3.8, 4) is 10.4 Å². The highest BCUT2D eigenvalue weighted by molar-refractivity contribution is 7.15. The van der Waals surface area contributed by atoms with Crippen molar-refractivity contribution in [3.05, 3.63) is 82.7 Å². The summed E-state index contributed by atoms with van der Waals surface area (Å²) in [5, 5.41) is 0. The predicted molar refractivity (Wildman–Crippen MR) is 110 cm³/mol. The first-order valence-electron chi connectivity index (χ1n) is 8.90. The topological polar surface area (TPSA) is 55.6 Å². The first kappa shape index (κ1) is 19.1. The largest absolute Gasteiger partial charge is 0.445 e. The molecule has 2 aromatic carbocycles. The van der Waals surface area contributed by atoms with Crippen molar-refractivity contribution < 1.29 is 9.53 Å². The molecule has 140 valence electrons. The number of benzene rings is 2. The van der Waals surface area contributed by atoms with Gasteiger partial charge in [0.25, 0.3) is 0 Å². The van der Waals surface area contributed by atoms with Gasteiger partial charge in [0.05, 0.1) is 0 Å². The van der Waals surface area contributed by atoms with Gasteiger partial charge >= 0.3 is 6.09 Å². The fourth-order valence-electron chi connectivity index (χ4n) is 2.79. The lowest BCUT2D eigenvalue weighted by atomic mass is 10.1. The van der Waals surface area contributed by atoms with Gasteiger partial charge in [0.1, 0.15) is 6.61 Å². The van der Waals surface area contributed by atoms with Crippen molar-refractivity contribution in [1.82, 2.24) is 4.90 Å². The minimum atomic E-state index is -0.337. The molecule has 1 heterocycles. The molecule has 27 heavy (non-hydrogen) atoms. The molecule has 1 amide bonds. The summed E-state index contributed by atoms with van der Waals surface area (Å²) in [5.41, 5.74) is 9.16. The average molecular weight is 381 g/mol. The summed E-state index contributed by atoms with van der Waals surface area (Å²) >= 11 is 1.69. The molecule has 0 fully saturated rings. The third kappa shape index (κ3) is 4.96. The summed E-state index contributed by atoms with van der Waals surface area (Å²) in [4.78, 5) is 16.3. The zero-order chi connectivity index (χ0) is 19.2. The lowest BCUT2D eigenvalue weighted by Crippen LogP contribution is -2.27. The van der Waals surface area contributed by atoms with Gasteiger partial charge in [0.15, 0.2) is 0 Å². The van der Waals surface area contributed by atoms with Crippen LogP contribution in [0.2, 0.25) is 0 Å². The van der Waals surface area contributed by atoms with E-state index in [2.05, 4.69) is 18.2 Å². The van der Waals surface area contributed by atoms with E-state index >= 15 is 0 Å². The Balaban J connectivity index is 1.68. The Labute approximate surface area is 164 Å². The highest BCUT2D eigenvalue weighted by atomic mass is 32.1. The third-order valence-electron chi connectivity index (χ3n) is 4.28. The predicted octanol–water partition coefficient (Wildman–Crippen LogP) is 5.20. The number of amides is 1. The van der Waals surface area contributed by atoms with E-state index in [9.17, 15) is 4.79 Å². The molecule has 1 aromatic heterocycles. The zero-order valence-electron chi connectivity index (χ0n) is 15.6. The molecule has 0 saturated carbocycles. The van der Waals surface area contributed by atoms with Gasteiger partial charge in [0.2, 0.25) is 0 Å². The molecule has 0 aliphatic carbocycles. The Kier molecular flexibility index (Phi) is 6.27. The molecule has 4 nitrogen and oxygen atoms in total. The summed E-state index contributed by atoms with van der Waals surface area (Å²) in [6.07, 6.45) is -0.337. The van der Waals surface area contributed by atoms with Crippen LogP contribution in [0.1, 0.15) is 29.0 Å². The summed E-state index contributed by atoms with van der Waals surface area (Å²) < 4.78 is 5.42. The maximum Gasteiger partial charge on any atom is 0.410 e. The Morgan fingerprint density at radius 1 is 1.07 bits per heavy atom. The second-order valence-corrected chi connectivity index (χ2v) is 7.66. The number of carbonyl (C=O) groups excluding carboxylic acids is 1. The quantitative estimate of drug-likeness (QED) is 0.639. The Bertz CT molecular complexity index is 890. The number of nitrogens with two attached hydrogens (primary N) is 1. The van der Waals surface area contributed by atoms with Crippen LogP contribution < -0.4 is 5.73 Å². The van der Waals surface area contributed by atoms with Gasteiger partial charge < -0.3 is 15.4 Å². The molecular formula is C22H24N2O2S. The minimum absolute atomic E-state index is 0.0200. The molecule has 3 aromatic rings. The summed E-state index contributed by atoms with van der Waals surface area (Å²) in [5.74, 6) is 0. The molecule has 2 N–H and O–H groups in total. The Hall–Kier alpha value is -2.63. The Morgan fingerprint density at radius 3 is 2.48 bits per heavy atom. The molecule has 3 rings (SSSR count). The van der Waals surface area contributed by atoms with Crippen molar-refractivity contribution in [2.24, 2.45) is 5.73 Å². The van der Waals surface area contributed by atoms with E-state index in [4.69, 9.17) is 10.5 Å². The first-order chi connectivity index (χ1) is 13.0. The zero-order valence-corrected chi connectivity index (χ0v) is 16.4. The van der Waals surface area contributed by atoms with Crippen molar-refractivity contribution in [1.29, 1.82) is 0 Å². The molecular weight excluding hydrogens is 356 g/mol. The van der Waals surface area contributed by atoms with Crippen LogP contribution in [0, 0.1) is 0 Å². The van der Waals surface area contributed by atoms with Crippen molar-refractivity contribution in [2.75, 3.05) is 7.05 Å². The molecule has 0 bridgehead atoms.